The molecule has 1 saturated heterocycles. The number of benzene rings is 2. The van der Waals surface area contributed by atoms with Gasteiger partial charge >= 0.3 is 6.03 Å². The number of nitrogens with zero attached hydrogens (tertiary/aromatic N) is 1. The molecule has 1 heterocycles. The van der Waals surface area contributed by atoms with Crippen molar-refractivity contribution < 1.29 is 14.0 Å². The number of carbonyl (C=O) groups is 2. The van der Waals surface area contributed by atoms with E-state index in [9.17, 15) is 14.0 Å². The summed E-state index contributed by atoms with van der Waals surface area (Å²) in [6.45, 7) is 3.25. The molecule has 0 bridgehead atoms. The van der Waals surface area contributed by atoms with Gasteiger partial charge in [-0.15, -0.1) is 0 Å². The lowest BCUT2D eigenvalue weighted by Crippen LogP contribution is -2.51. The van der Waals surface area contributed by atoms with E-state index < -0.39 is 12.1 Å². The predicted octanol–water partition coefficient (Wildman–Crippen LogP) is 2.41. The molecule has 3 amide bonds. The van der Waals surface area contributed by atoms with Gasteiger partial charge in [0.2, 0.25) is 5.91 Å². The summed E-state index contributed by atoms with van der Waals surface area (Å²) in [4.78, 5) is 26.3. The number of urea groups is 1. The van der Waals surface area contributed by atoms with Crippen LogP contribution in [0.4, 0.5) is 14.9 Å². The summed E-state index contributed by atoms with van der Waals surface area (Å²) in [5.41, 5.74) is 1.53. The number of carbonyl (C=O) groups excluding carboxylic acids is 2. The normalized spacial score (nSPS) is 17.1. The molecule has 0 spiro atoms. The summed E-state index contributed by atoms with van der Waals surface area (Å²) in [7, 11) is 0. The molecule has 148 valence electrons. The summed E-state index contributed by atoms with van der Waals surface area (Å²) < 4.78 is 13.9. The zero-order valence-electron chi connectivity index (χ0n) is 15.8. The fourth-order valence-corrected chi connectivity index (χ4v) is 3.23. The number of halogens is 1. The maximum atomic E-state index is 13.9. The molecule has 2 aromatic rings. The second kappa shape index (κ2) is 9.21. The lowest BCUT2D eigenvalue weighted by atomic mass is 10.2. The number of amides is 3. The third-order valence-electron chi connectivity index (χ3n) is 4.77. The number of anilines is 1. The third kappa shape index (κ3) is 5.22. The van der Waals surface area contributed by atoms with Gasteiger partial charge in [0, 0.05) is 25.7 Å². The van der Waals surface area contributed by atoms with E-state index in [1.807, 2.05) is 35.2 Å². The quantitative estimate of drug-likeness (QED) is 0.716. The van der Waals surface area contributed by atoms with Crippen molar-refractivity contribution in [3.05, 3.63) is 66.0 Å². The van der Waals surface area contributed by atoms with Crippen molar-refractivity contribution in [1.82, 2.24) is 16.0 Å². The second-order valence-corrected chi connectivity index (χ2v) is 6.93. The summed E-state index contributed by atoms with van der Waals surface area (Å²) in [6, 6.07) is 15.0. The van der Waals surface area contributed by atoms with Crippen LogP contribution in [0.15, 0.2) is 54.6 Å². The summed E-state index contributed by atoms with van der Waals surface area (Å²) in [6.07, 6.45) is 0.719. The maximum Gasteiger partial charge on any atom is 0.315 e. The number of hydrogen-bond donors (Lipinski definition) is 3. The van der Waals surface area contributed by atoms with Gasteiger partial charge in [-0.05, 0) is 31.0 Å². The van der Waals surface area contributed by atoms with E-state index in [0.29, 0.717) is 25.3 Å². The molecule has 3 N–H and O–H groups in total. The Kier molecular flexibility index (Phi) is 6.47. The topological polar surface area (TPSA) is 73.5 Å². The summed E-state index contributed by atoms with van der Waals surface area (Å²) in [5, 5.41) is 8.32. The highest BCUT2D eigenvalue weighted by atomic mass is 19.1. The first-order chi connectivity index (χ1) is 13.5. The molecule has 0 aromatic heterocycles. The molecule has 1 aliphatic rings. The van der Waals surface area contributed by atoms with Crippen LogP contribution in [0, 0.1) is 5.82 Å². The second-order valence-electron chi connectivity index (χ2n) is 6.93. The Morgan fingerprint density at radius 2 is 1.86 bits per heavy atom. The standard InChI is InChI=1S/C21H25FN4O2/c1-15(20(27)23-13-16-7-3-2-4-8-16)24-21(28)25-17-11-12-26(14-17)19-10-6-5-9-18(19)22/h2-10,15,17H,11-14H2,1H3,(H,23,27)(H2,24,25,28). The van der Waals surface area contributed by atoms with Crippen molar-refractivity contribution in [3.63, 3.8) is 0 Å². The summed E-state index contributed by atoms with van der Waals surface area (Å²) >= 11 is 0. The largest absolute Gasteiger partial charge is 0.367 e. The molecule has 1 fully saturated rings. The van der Waals surface area contributed by atoms with Crippen molar-refractivity contribution in [2.45, 2.75) is 32.0 Å². The molecule has 3 rings (SSSR count). The van der Waals surface area contributed by atoms with Crippen LogP contribution in [0.2, 0.25) is 0 Å². The van der Waals surface area contributed by atoms with Gasteiger partial charge in [-0.2, -0.15) is 0 Å². The summed E-state index contributed by atoms with van der Waals surface area (Å²) in [5.74, 6) is -0.519. The molecule has 1 aliphatic heterocycles. The van der Waals surface area contributed by atoms with Crippen molar-refractivity contribution in [3.8, 4) is 0 Å². The van der Waals surface area contributed by atoms with Crippen molar-refractivity contribution in [2.75, 3.05) is 18.0 Å². The minimum atomic E-state index is -0.659. The Labute approximate surface area is 164 Å². The first-order valence-corrected chi connectivity index (χ1v) is 9.41. The average molecular weight is 384 g/mol. The SMILES string of the molecule is CC(NC(=O)NC1CCN(c2ccccc2F)C1)C(=O)NCc1ccccc1. The van der Waals surface area contributed by atoms with Crippen LogP contribution in [0.5, 0.6) is 0 Å². The minimum Gasteiger partial charge on any atom is -0.367 e. The Morgan fingerprint density at radius 1 is 1.14 bits per heavy atom. The van der Waals surface area contributed by atoms with Gasteiger partial charge in [0.15, 0.2) is 0 Å². The van der Waals surface area contributed by atoms with E-state index >= 15 is 0 Å². The van der Waals surface area contributed by atoms with Crippen LogP contribution in [-0.2, 0) is 11.3 Å². The Bertz CT molecular complexity index is 815. The van der Waals surface area contributed by atoms with E-state index in [4.69, 9.17) is 0 Å². The van der Waals surface area contributed by atoms with E-state index in [1.165, 1.54) is 6.07 Å². The average Bonchev–Trinajstić information content (AvgIpc) is 3.15. The number of para-hydroxylation sites is 1. The van der Waals surface area contributed by atoms with Gasteiger partial charge in [-0.3, -0.25) is 4.79 Å². The van der Waals surface area contributed by atoms with Crippen LogP contribution in [0.3, 0.4) is 0 Å². The lowest BCUT2D eigenvalue weighted by molar-refractivity contribution is -0.122. The van der Waals surface area contributed by atoms with Gasteiger partial charge < -0.3 is 20.9 Å². The van der Waals surface area contributed by atoms with Crippen LogP contribution in [0.1, 0.15) is 18.9 Å². The van der Waals surface area contributed by atoms with Crippen LogP contribution in [-0.4, -0.2) is 37.1 Å². The fourth-order valence-electron chi connectivity index (χ4n) is 3.23. The fraction of sp³-hybridized carbons (Fsp3) is 0.333. The Hall–Kier alpha value is -3.09. The van der Waals surface area contributed by atoms with Crippen LogP contribution in [0.25, 0.3) is 0 Å². The molecule has 2 unspecified atom stereocenters. The zero-order chi connectivity index (χ0) is 19.9. The van der Waals surface area contributed by atoms with Crippen molar-refractivity contribution >= 4 is 17.6 Å². The van der Waals surface area contributed by atoms with Gasteiger partial charge in [0.05, 0.1) is 5.69 Å². The monoisotopic (exact) mass is 384 g/mol. The molecule has 28 heavy (non-hydrogen) atoms. The zero-order valence-corrected chi connectivity index (χ0v) is 15.8. The highest BCUT2D eigenvalue weighted by molar-refractivity contribution is 5.86. The van der Waals surface area contributed by atoms with E-state index in [2.05, 4.69) is 16.0 Å². The molecule has 6 nitrogen and oxygen atoms in total. The van der Waals surface area contributed by atoms with E-state index in [-0.39, 0.29) is 17.8 Å². The number of hydrogen-bond acceptors (Lipinski definition) is 3. The number of nitrogens with one attached hydrogen (secondary N) is 3. The van der Waals surface area contributed by atoms with Gasteiger partial charge in [-0.25, -0.2) is 9.18 Å². The minimum absolute atomic E-state index is 0.0980. The van der Waals surface area contributed by atoms with Crippen LogP contribution >= 0.6 is 0 Å². The van der Waals surface area contributed by atoms with Crippen molar-refractivity contribution in [1.29, 1.82) is 0 Å². The van der Waals surface area contributed by atoms with Gasteiger partial charge in [0.25, 0.3) is 0 Å². The molecule has 0 saturated carbocycles. The highest BCUT2D eigenvalue weighted by Crippen LogP contribution is 2.23. The van der Waals surface area contributed by atoms with Crippen LogP contribution < -0.4 is 20.9 Å². The lowest BCUT2D eigenvalue weighted by Gasteiger charge is -2.20. The maximum absolute atomic E-state index is 13.9. The van der Waals surface area contributed by atoms with Gasteiger partial charge in [-0.1, -0.05) is 42.5 Å². The predicted molar refractivity (Wildman–Crippen MR) is 106 cm³/mol. The Balaban J connectivity index is 1.42. The smallest absolute Gasteiger partial charge is 0.315 e. The van der Waals surface area contributed by atoms with E-state index in [0.717, 1.165) is 12.0 Å². The number of rotatable bonds is 6. The molecule has 2 atom stereocenters. The first-order valence-electron chi connectivity index (χ1n) is 9.41. The molecular formula is C21H25FN4O2. The molecular weight excluding hydrogens is 359 g/mol. The highest BCUT2D eigenvalue weighted by Gasteiger charge is 2.26. The molecule has 0 radical (unpaired) electrons. The van der Waals surface area contributed by atoms with Crippen molar-refractivity contribution in [2.24, 2.45) is 0 Å². The van der Waals surface area contributed by atoms with Gasteiger partial charge in [0.1, 0.15) is 11.9 Å². The molecule has 2 aromatic carbocycles. The third-order valence-corrected chi connectivity index (χ3v) is 4.77. The molecule has 7 heteroatoms. The first kappa shape index (κ1) is 19.7. The molecule has 0 aliphatic carbocycles. The Morgan fingerprint density at radius 3 is 2.61 bits per heavy atom. The van der Waals surface area contributed by atoms with E-state index in [1.54, 1.807) is 25.1 Å².